The summed E-state index contributed by atoms with van der Waals surface area (Å²) < 4.78 is 5.99. The summed E-state index contributed by atoms with van der Waals surface area (Å²) in [7, 11) is 1.82. The second-order valence-corrected chi connectivity index (χ2v) is 7.07. The zero-order valence-corrected chi connectivity index (χ0v) is 15.6. The molecule has 1 aromatic heterocycles. The number of fused-ring (bicyclic) bond motifs is 1. The van der Waals surface area contributed by atoms with Crippen molar-refractivity contribution in [2.24, 2.45) is 0 Å². The monoisotopic (exact) mass is 365 g/mol. The minimum Gasteiger partial charge on any atom is -0.485 e. The lowest BCUT2D eigenvalue weighted by Gasteiger charge is -2.38. The SMILES string of the molecule is CCC(=O)N1CC(Oc2cncc(-c3cccc4c3N(C)C(=O)CC4)c2)C1. The molecular weight excluding hydrogens is 342 g/mol. The van der Waals surface area contributed by atoms with Crippen LogP contribution in [0.4, 0.5) is 5.69 Å². The molecule has 0 N–H and O–H groups in total. The average Bonchev–Trinajstić information content (AvgIpc) is 2.66. The predicted octanol–water partition coefficient (Wildman–Crippen LogP) is 2.66. The van der Waals surface area contributed by atoms with Gasteiger partial charge in [-0.1, -0.05) is 25.1 Å². The van der Waals surface area contributed by atoms with Crippen molar-refractivity contribution in [2.75, 3.05) is 25.0 Å². The molecule has 1 fully saturated rings. The summed E-state index contributed by atoms with van der Waals surface area (Å²) in [6, 6.07) is 8.06. The molecule has 2 aromatic rings. The highest BCUT2D eigenvalue weighted by Gasteiger charge is 2.31. The van der Waals surface area contributed by atoms with Crippen molar-refractivity contribution < 1.29 is 14.3 Å². The summed E-state index contributed by atoms with van der Waals surface area (Å²) in [5.41, 5.74) is 4.04. The lowest BCUT2D eigenvalue weighted by Crippen LogP contribution is -2.56. The fourth-order valence-corrected chi connectivity index (χ4v) is 3.72. The van der Waals surface area contributed by atoms with Crippen molar-refractivity contribution in [1.29, 1.82) is 0 Å². The first kappa shape index (κ1) is 17.5. The van der Waals surface area contributed by atoms with E-state index in [9.17, 15) is 9.59 Å². The van der Waals surface area contributed by atoms with E-state index in [1.54, 1.807) is 22.2 Å². The van der Waals surface area contributed by atoms with Gasteiger partial charge in [-0.05, 0) is 18.1 Å². The largest absolute Gasteiger partial charge is 0.485 e. The first-order valence-corrected chi connectivity index (χ1v) is 9.35. The number of carbonyl (C=O) groups is 2. The lowest BCUT2D eigenvalue weighted by atomic mass is 9.94. The second kappa shape index (κ2) is 7.02. The van der Waals surface area contributed by atoms with Crippen LogP contribution in [0, 0.1) is 0 Å². The van der Waals surface area contributed by atoms with Crippen LogP contribution < -0.4 is 9.64 Å². The van der Waals surface area contributed by atoms with Crippen LogP contribution in [0.5, 0.6) is 5.75 Å². The zero-order valence-electron chi connectivity index (χ0n) is 15.6. The normalized spacial score (nSPS) is 16.7. The highest BCUT2D eigenvalue weighted by Crippen LogP contribution is 2.37. The van der Waals surface area contributed by atoms with Gasteiger partial charge in [0.2, 0.25) is 11.8 Å². The van der Waals surface area contributed by atoms with E-state index in [2.05, 4.69) is 11.1 Å². The molecule has 3 heterocycles. The topological polar surface area (TPSA) is 62.7 Å². The van der Waals surface area contributed by atoms with Crippen LogP contribution in [0.25, 0.3) is 11.1 Å². The summed E-state index contributed by atoms with van der Waals surface area (Å²) in [4.78, 5) is 31.7. The van der Waals surface area contributed by atoms with E-state index in [-0.39, 0.29) is 17.9 Å². The van der Waals surface area contributed by atoms with Crippen LogP contribution in [0.2, 0.25) is 0 Å². The number of aromatic nitrogens is 1. The molecule has 0 radical (unpaired) electrons. The van der Waals surface area contributed by atoms with Gasteiger partial charge in [-0.25, -0.2) is 0 Å². The average molecular weight is 365 g/mol. The Kier molecular flexibility index (Phi) is 4.56. The van der Waals surface area contributed by atoms with Crippen LogP contribution in [-0.2, 0) is 16.0 Å². The van der Waals surface area contributed by atoms with Crippen LogP contribution in [0.15, 0.2) is 36.7 Å². The number of anilines is 1. The lowest BCUT2D eigenvalue weighted by molar-refractivity contribution is -0.139. The molecule has 27 heavy (non-hydrogen) atoms. The number of pyridine rings is 1. The van der Waals surface area contributed by atoms with E-state index in [0.717, 1.165) is 23.2 Å². The van der Waals surface area contributed by atoms with Gasteiger partial charge >= 0.3 is 0 Å². The maximum Gasteiger partial charge on any atom is 0.227 e. The summed E-state index contributed by atoms with van der Waals surface area (Å²) in [5, 5.41) is 0. The smallest absolute Gasteiger partial charge is 0.227 e. The summed E-state index contributed by atoms with van der Waals surface area (Å²) in [5.74, 6) is 0.972. The van der Waals surface area contributed by atoms with Crippen molar-refractivity contribution in [3.63, 3.8) is 0 Å². The summed E-state index contributed by atoms with van der Waals surface area (Å²) in [6.45, 7) is 3.11. The minimum atomic E-state index is 0.00601. The molecule has 0 unspecified atom stereocenters. The molecule has 6 heteroatoms. The second-order valence-electron chi connectivity index (χ2n) is 7.07. The van der Waals surface area contributed by atoms with Crippen molar-refractivity contribution >= 4 is 17.5 Å². The molecule has 0 bridgehead atoms. The first-order valence-electron chi connectivity index (χ1n) is 9.35. The van der Waals surface area contributed by atoms with Gasteiger partial charge in [-0.2, -0.15) is 0 Å². The number of amides is 2. The fraction of sp³-hybridized carbons (Fsp3) is 0.381. The molecule has 2 aliphatic rings. The fourth-order valence-electron chi connectivity index (χ4n) is 3.72. The Morgan fingerprint density at radius 1 is 1.26 bits per heavy atom. The van der Waals surface area contributed by atoms with Gasteiger partial charge in [0.05, 0.1) is 25.0 Å². The number of likely N-dealkylation sites (tertiary alicyclic amines) is 1. The third kappa shape index (κ3) is 3.27. The Hall–Kier alpha value is -2.89. The van der Waals surface area contributed by atoms with Gasteiger partial charge in [0, 0.05) is 37.2 Å². The Morgan fingerprint density at radius 2 is 2.07 bits per heavy atom. The van der Waals surface area contributed by atoms with Gasteiger partial charge in [0.1, 0.15) is 11.9 Å². The zero-order chi connectivity index (χ0) is 19.0. The van der Waals surface area contributed by atoms with E-state index in [4.69, 9.17) is 4.74 Å². The molecule has 6 nitrogen and oxygen atoms in total. The van der Waals surface area contributed by atoms with E-state index >= 15 is 0 Å². The Bertz CT molecular complexity index is 890. The molecular formula is C21H23N3O3. The minimum absolute atomic E-state index is 0.00601. The Balaban J connectivity index is 1.56. The van der Waals surface area contributed by atoms with Crippen LogP contribution >= 0.6 is 0 Å². The Labute approximate surface area is 158 Å². The maximum atomic E-state index is 12.2. The van der Waals surface area contributed by atoms with Crippen LogP contribution in [0.3, 0.4) is 0 Å². The number of carbonyl (C=O) groups excluding carboxylic acids is 2. The van der Waals surface area contributed by atoms with E-state index in [1.165, 1.54) is 5.56 Å². The quantitative estimate of drug-likeness (QED) is 0.836. The molecule has 1 saturated heterocycles. The van der Waals surface area contributed by atoms with Gasteiger partial charge in [-0.15, -0.1) is 0 Å². The predicted molar refractivity (Wildman–Crippen MR) is 103 cm³/mol. The standard InChI is InChI=1S/C21H23N3O3/c1-3-19(25)24-12-17(13-24)27-16-9-15(10-22-11-16)18-6-4-5-14-7-8-20(26)23(2)21(14)18/h4-6,9-11,17H,3,7-8,12-13H2,1-2H3. The van der Waals surface area contributed by atoms with Crippen molar-refractivity contribution in [2.45, 2.75) is 32.3 Å². The van der Waals surface area contributed by atoms with Crippen molar-refractivity contribution in [1.82, 2.24) is 9.88 Å². The highest BCUT2D eigenvalue weighted by molar-refractivity contribution is 6.00. The molecule has 1 aromatic carbocycles. The van der Waals surface area contributed by atoms with E-state index in [1.807, 2.05) is 32.2 Å². The highest BCUT2D eigenvalue weighted by atomic mass is 16.5. The molecule has 0 aliphatic carbocycles. The van der Waals surface area contributed by atoms with Crippen LogP contribution in [0.1, 0.15) is 25.3 Å². The maximum absolute atomic E-state index is 12.2. The first-order chi connectivity index (χ1) is 13.1. The van der Waals surface area contributed by atoms with E-state index in [0.29, 0.717) is 31.7 Å². The molecule has 0 spiro atoms. The number of hydrogen-bond donors (Lipinski definition) is 0. The third-order valence-electron chi connectivity index (χ3n) is 5.27. The summed E-state index contributed by atoms with van der Waals surface area (Å²) in [6.07, 6.45) is 5.32. The number of ether oxygens (including phenoxy) is 1. The van der Waals surface area contributed by atoms with Crippen LogP contribution in [-0.4, -0.2) is 47.9 Å². The number of benzene rings is 1. The number of para-hydroxylation sites is 1. The number of rotatable bonds is 4. The number of hydrogen-bond acceptors (Lipinski definition) is 4. The molecule has 0 atom stereocenters. The third-order valence-corrected chi connectivity index (χ3v) is 5.27. The van der Waals surface area contributed by atoms with Gasteiger partial charge in [0.15, 0.2) is 0 Å². The van der Waals surface area contributed by atoms with Crippen molar-refractivity contribution in [3.05, 3.63) is 42.2 Å². The van der Waals surface area contributed by atoms with Crippen molar-refractivity contribution in [3.8, 4) is 16.9 Å². The van der Waals surface area contributed by atoms with Gasteiger partial charge in [0.25, 0.3) is 0 Å². The molecule has 2 amide bonds. The Morgan fingerprint density at radius 3 is 2.85 bits per heavy atom. The molecule has 2 aliphatic heterocycles. The molecule has 140 valence electrons. The number of nitrogens with zero attached hydrogens (tertiary/aromatic N) is 3. The van der Waals surface area contributed by atoms with Gasteiger partial charge in [-0.3, -0.25) is 14.6 Å². The molecule has 0 saturated carbocycles. The molecule has 4 rings (SSSR count). The summed E-state index contributed by atoms with van der Waals surface area (Å²) >= 11 is 0. The van der Waals surface area contributed by atoms with E-state index < -0.39 is 0 Å². The number of aryl methyl sites for hydroxylation is 1. The van der Waals surface area contributed by atoms with Gasteiger partial charge < -0.3 is 14.5 Å².